The Balaban J connectivity index is 0.00000341. The van der Waals surface area contributed by atoms with Gasteiger partial charge in [-0.25, -0.2) is 0 Å². The Morgan fingerprint density at radius 3 is 2.26 bits per heavy atom. The molecule has 0 aromatic heterocycles. The highest BCUT2D eigenvalue weighted by Gasteiger charge is 2.21. The van der Waals surface area contributed by atoms with Gasteiger partial charge in [0.05, 0.1) is 0 Å². The van der Waals surface area contributed by atoms with Crippen molar-refractivity contribution < 1.29 is 0 Å². The van der Waals surface area contributed by atoms with E-state index in [0.29, 0.717) is 6.04 Å². The number of guanidine groups is 1. The fraction of sp³-hybridized carbons (Fsp3) is 0.708. The Bertz CT molecular complexity index is 638. The molecular weight excluding hydrogens is 521 g/mol. The third kappa shape index (κ3) is 9.44. The maximum Gasteiger partial charge on any atom is 0.191 e. The molecule has 5 nitrogen and oxygen atoms in total. The first-order valence-electron chi connectivity index (χ1n) is 11.9. The third-order valence-corrected chi connectivity index (χ3v) is 6.81. The summed E-state index contributed by atoms with van der Waals surface area (Å²) in [5.41, 5.74) is 1.34. The first kappa shape index (κ1) is 26.7. The smallest absolute Gasteiger partial charge is 0.191 e. The van der Waals surface area contributed by atoms with Gasteiger partial charge in [-0.3, -0.25) is 9.89 Å². The minimum atomic E-state index is 0. The van der Waals surface area contributed by atoms with E-state index in [4.69, 9.17) is 16.6 Å². The van der Waals surface area contributed by atoms with E-state index in [2.05, 4.69) is 46.4 Å². The first-order valence-corrected chi connectivity index (χ1v) is 12.3. The van der Waals surface area contributed by atoms with Crippen molar-refractivity contribution >= 4 is 41.5 Å². The number of aliphatic imine (C=N–C) groups is 1. The molecule has 0 aliphatic carbocycles. The summed E-state index contributed by atoms with van der Waals surface area (Å²) in [6.07, 6.45) is 6.20. The largest absolute Gasteiger partial charge is 0.357 e. The molecule has 2 fully saturated rings. The number of benzene rings is 1. The van der Waals surface area contributed by atoms with Gasteiger partial charge in [-0.1, -0.05) is 30.7 Å². The third-order valence-electron chi connectivity index (χ3n) is 6.55. The van der Waals surface area contributed by atoms with Crippen LogP contribution in [0.5, 0.6) is 0 Å². The van der Waals surface area contributed by atoms with Gasteiger partial charge in [0, 0.05) is 43.8 Å². The summed E-state index contributed by atoms with van der Waals surface area (Å²) in [5, 5.41) is 7.94. The Hall–Kier alpha value is -0.570. The van der Waals surface area contributed by atoms with Crippen LogP contribution in [0.15, 0.2) is 29.3 Å². The number of halogens is 2. The molecular formula is C24H41ClIN5. The van der Waals surface area contributed by atoms with Crippen LogP contribution in [-0.2, 0) is 6.54 Å². The number of hydrogen-bond acceptors (Lipinski definition) is 3. The predicted molar refractivity (Wildman–Crippen MR) is 144 cm³/mol. The molecule has 0 radical (unpaired) electrons. The summed E-state index contributed by atoms with van der Waals surface area (Å²) in [6, 6.07) is 8.75. The number of piperidine rings is 2. The van der Waals surface area contributed by atoms with Crippen molar-refractivity contribution in [1.29, 1.82) is 0 Å². The van der Waals surface area contributed by atoms with Crippen LogP contribution in [0.3, 0.4) is 0 Å². The summed E-state index contributed by atoms with van der Waals surface area (Å²) < 4.78 is 0. The topological polar surface area (TPSA) is 42.9 Å². The first-order chi connectivity index (χ1) is 14.7. The van der Waals surface area contributed by atoms with Crippen LogP contribution in [-0.4, -0.2) is 67.6 Å². The second-order valence-corrected chi connectivity index (χ2v) is 9.18. The lowest BCUT2D eigenvalue weighted by Crippen LogP contribution is -2.48. The van der Waals surface area contributed by atoms with Gasteiger partial charge in [-0.2, -0.15) is 0 Å². The highest BCUT2D eigenvalue weighted by Crippen LogP contribution is 2.20. The minimum absolute atomic E-state index is 0. The van der Waals surface area contributed by atoms with Gasteiger partial charge in [0.2, 0.25) is 0 Å². The van der Waals surface area contributed by atoms with Crippen molar-refractivity contribution in [3.05, 3.63) is 34.9 Å². The van der Waals surface area contributed by atoms with E-state index >= 15 is 0 Å². The molecule has 0 unspecified atom stereocenters. The Morgan fingerprint density at radius 2 is 1.65 bits per heavy atom. The van der Waals surface area contributed by atoms with E-state index in [1.54, 1.807) is 0 Å². The van der Waals surface area contributed by atoms with E-state index in [-0.39, 0.29) is 24.0 Å². The van der Waals surface area contributed by atoms with Crippen molar-refractivity contribution in [3.8, 4) is 0 Å². The minimum Gasteiger partial charge on any atom is -0.357 e. The van der Waals surface area contributed by atoms with Crippen molar-refractivity contribution in [2.24, 2.45) is 10.9 Å². The molecule has 2 N–H and O–H groups in total. The van der Waals surface area contributed by atoms with Crippen LogP contribution in [0.2, 0.25) is 5.02 Å². The normalized spacial score (nSPS) is 19.8. The zero-order valence-corrected chi connectivity index (χ0v) is 22.4. The van der Waals surface area contributed by atoms with Gasteiger partial charge in [0.25, 0.3) is 0 Å². The summed E-state index contributed by atoms with van der Waals surface area (Å²) in [4.78, 5) is 9.99. The average molecular weight is 562 g/mol. The second-order valence-electron chi connectivity index (χ2n) is 8.75. The maximum absolute atomic E-state index is 6.00. The molecule has 0 saturated carbocycles. The van der Waals surface area contributed by atoms with Gasteiger partial charge in [-0.05, 0) is 82.3 Å². The number of nitrogens with one attached hydrogen (secondary N) is 2. The van der Waals surface area contributed by atoms with Crippen molar-refractivity contribution in [3.63, 3.8) is 0 Å². The summed E-state index contributed by atoms with van der Waals surface area (Å²) in [6.45, 7) is 13.2. The van der Waals surface area contributed by atoms with Crippen LogP contribution >= 0.6 is 35.6 Å². The fourth-order valence-corrected chi connectivity index (χ4v) is 4.67. The van der Waals surface area contributed by atoms with Crippen LogP contribution in [0.4, 0.5) is 0 Å². The average Bonchev–Trinajstić information content (AvgIpc) is 2.77. The Morgan fingerprint density at radius 1 is 1.00 bits per heavy atom. The van der Waals surface area contributed by atoms with Crippen LogP contribution < -0.4 is 10.6 Å². The van der Waals surface area contributed by atoms with Crippen LogP contribution in [0.25, 0.3) is 0 Å². The zero-order chi connectivity index (χ0) is 21.2. The molecule has 0 bridgehead atoms. The summed E-state index contributed by atoms with van der Waals surface area (Å²) in [7, 11) is 0. The Labute approximate surface area is 211 Å². The molecule has 7 heteroatoms. The lowest BCUT2D eigenvalue weighted by molar-refractivity contribution is 0.188. The van der Waals surface area contributed by atoms with E-state index in [1.807, 2.05) is 12.1 Å². The quantitative estimate of drug-likeness (QED) is 0.277. The summed E-state index contributed by atoms with van der Waals surface area (Å²) in [5.74, 6) is 1.84. The molecule has 0 amide bonds. The molecule has 1 aromatic rings. The fourth-order valence-electron chi connectivity index (χ4n) is 4.55. The van der Waals surface area contributed by atoms with Gasteiger partial charge >= 0.3 is 0 Å². The van der Waals surface area contributed by atoms with E-state index < -0.39 is 0 Å². The van der Waals surface area contributed by atoms with Crippen LogP contribution in [0.1, 0.15) is 51.5 Å². The highest BCUT2D eigenvalue weighted by molar-refractivity contribution is 14.0. The predicted octanol–water partition coefficient (Wildman–Crippen LogP) is 4.60. The number of rotatable bonds is 8. The summed E-state index contributed by atoms with van der Waals surface area (Å²) >= 11 is 6.00. The molecule has 0 atom stereocenters. The van der Waals surface area contributed by atoms with Crippen LogP contribution in [0, 0.1) is 5.92 Å². The molecule has 3 rings (SSSR count). The standard InChI is InChI=1S/C24H40ClN5.HI/c1-3-26-24(27-14-9-20-10-15-29(4-2)16-11-20)28-23-12-17-30(18-13-23)19-21-5-7-22(25)8-6-21;/h5-8,20,23H,3-4,9-19H2,1-2H3,(H2,26,27,28);1H. The molecule has 31 heavy (non-hydrogen) atoms. The SMILES string of the molecule is CCNC(=NCCC1CCN(CC)CC1)NC1CCN(Cc2ccc(Cl)cc2)CC1.I. The number of nitrogens with zero attached hydrogens (tertiary/aromatic N) is 3. The second kappa shape index (κ2) is 14.6. The lowest BCUT2D eigenvalue weighted by Gasteiger charge is -2.33. The van der Waals surface area contributed by atoms with Gasteiger partial charge < -0.3 is 15.5 Å². The molecule has 2 saturated heterocycles. The van der Waals surface area contributed by atoms with E-state index in [0.717, 1.165) is 62.5 Å². The van der Waals surface area contributed by atoms with Crippen molar-refractivity contribution in [1.82, 2.24) is 20.4 Å². The van der Waals surface area contributed by atoms with E-state index in [1.165, 1.54) is 44.5 Å². The molecule has 1 aromatic carbocycles. The molecule has 2 aliphatic rings. The van der Waals surface area contributed by atoms with Crippen molar-refractivity contribution in [2.45, 2.75) is 58.5 Å². The highest BCUT2D eigenvalue weighted by atomic mass is 127. The number of likely N-dealkylation sites (tertiary alicyclic amines) is 2. The van der Waals surface area contributed by atoms with E-state index in [9.17, 15) is 0 Å². The molecule has 2 aliphatic heterocycles. The Kier molecular flexibility index (Phi) is 12.5. The van der Waals surface area contributed by atoms with Gasteiger partial charge in [0.15, 0.2) is 5.96 Å². The zero-order valence-electron chi connectivity index (χ0n) is 19.3. The monoisotopic (exact) mass is 561 g/mol. The van der Waals surface area contributed by atoms with Gasteiger partial charge in [0.1, 0.15) is 0 Å². The molecule has 176 valence electrons. The molecule has 2 heterocycles. The van der Waals surface area contributed by atoms with Crippen molar-refractivity contribution in [2.75, 3.05) is 45.8 Å². The molecule has 0 spiro atoms. The van der Waals surface area contributed by atoms with Gasteiger partial charge in [-0.15, -0.1) is 24.0 Å². The maximum atomic E-state index is 6.00. The lowest BCUT2D eigenvalue weighted by atomic mass is 9.94. The number of hydrogen-bond donors (Lipinski definition) is 2.